The van der Waals surface area contributed by atoms with Crippen molar-refractivity contribution in [2.24, 2.45) is 0 Å². The van der Waals surface area contributed by atoms with Gasteiger partial charge in [0.15, 0.2) is 0 Å². The number of anilines is 2. The Kier molecular flexibility index (Phi) is 5.98. The molecule has 0 aliphatic carbocycles. The van der Waals surface area contributed by atoms with Crippen LogP contribution in [0.1, 0.15) is 19.8 Å². The molecule has 0 saturated carbocycles. The summed E-state index contributed by atoms with van der Waals surface area (Å²) >= 11 is 6.63. The van der Waals surface area contributed by atoms with E-state index < -0.39 is 12.2 Å². The zero-order valence-electron chi connectivity index (χ0n) is 18.2. The molecule has 9 heteroatoms. The van der Waals surface area contributed by atoms with Gasteiger partial charge in [0.1, 0.15) is 11.9 Å². The van der Waals surface area contributed by atoms with Crippen molar-refractivity contribution < 1.29 is 19.4 Å². The van der Waals surface area contributed by atoms with Crippen LogP contribution in [0.2, 0.25) is 5.02 Å². The topological polar surface area (TPSA) is 87.2 Å². The number of hydrogen-bond acceptors (Lipinski definition) is 7. The molecule has 2 aromatic rings. The summed E-state index contributed by atoms with van der Waals surface area (Å²) in [6.07, 6.45) is 2.53. The van der Waals surface area contributed by atoms with E-state index in [-0.39, 0.29) is 11.4 Å². The lowest BCUT2D eigenvalue weighted by molar-refractivity contribution is -0.124. The summed E-state index contributed by atoms with van der Waals surface area (Å²) in [7, 11) is 0. The summed E-state index contributed by atoms with van der Waals surface area (Å²) in [4.78, 5) is 21.3. The fourth-order valence-electron chi connectivity index (χ4n) is 4.87. The van der Waals surface area contributed by atoms with Gasteiger partial charge in [0.05, 0.1) is 35.6 Å². The van der Waals surface area contributed by atoms with Crippen LogP contribution in [0, 0.1) is 0 Å². The van der Waals surface area contributed by atoms with Crippen LogP contribution in [0.4, 0.5) is 11.5 Å². The van der Waals surface area contributed by atoms with Crippen molar-refractivity contribution in [3.8, 4) is 0 Å². The number of benzene rings is 1. The number of ether oxygens (including phenoxy) is 2. The molecule has 32 heavy (non-hydrogen) atoms. The standard InChI is InChI=1S/C23H29ClN4O4/c1-23(14-31-13-20(23)29)28-6-4-27(5-7-28)18-10-15-11-21(25-12-16(15)9-17(18)24)26-22(30)19-3-2-8-32-19/h9-12,19-20,29H,2-8,13-14H2,1H3,(H,25,26,30)/t19-,20+,23-/m0/s1. The number of carbonyl (C=O) groups is 1. The maximum absolute atomic E-state index is 12.4. The van der Waals surface area contributed by atoms with E-state index in [1.807, 2.05) is 12.1 Å². The zero-order chi connectivity index (χ0) is 22.3. The number of aliphatic hydroxyl groups excluding tert-OH is 1. The number of aliphatic hydroxyl groups is 1. The molecule has 2 N–H and O–H groups in total. The highest BCUT2D eigenvalue weighted by atomic mass is 35.5. The second-order valence-corrected chi connectivity index (χ2v) is 9.48. The molecular formula is C23H29ClN4O4. The molecule has 4 heterocycles. The average Bonchev–Trinajstić information content (AvgIpc) is 3.45. The predicted octanol–water partition coefficient (Wildman–Crippen LogP) is 2.28. The van der Waals surface area contributed by atoms with Crippen molar-refractivity contribution in [2.75, 3.05) is 56.2 Å². The molecule has 3 aliphatic heterocycles. The van der Waals surface area contributed by atoms with Crippen molar-refractivity contribution in [1.29, 1.82) is 0 Å². The first-order chi connectivity index (χ1) is 15.4. The molecule has 0 unspecified atom stereocenters. The first kappa shape index (κ1) is 21.9. The molecular weight excluding hydrogens is 432 g/mol. The minimum atomic E-state index is -0.464. The molecule has 0 radical (unpaired) electrons. The van der Waals surface area contributed by atoms with Crippen LogP contribution in [0.3, 0.4) is 0 Å². The van der Waals surface area contributed by atoms with Crippen molar-refractivity contribution in [2.45, 2.75) is 37.5 Å². The third-order valence-electron chi connectivity index (χ3n) is 6.99. The number of fused-ring (bicyclic) bond motifs is 1. The van der Waals surface area contributed by atoms with E-state index in [2.05, 4.69) is 33.1 Å². The van der Waals surface area contributed by atoms with Crippen molar-refractivity contribution in [1.82, 2.24) is 9.88 Å². The van der Waals surface area contributed by atoms with Gasteiger partial charge < -0.3 is 24.8 Å². The quantitative estimate of drug-likeness (QED) is 0.723. The Morgan fingerprint density at radius 1 is 1.25 bits per heavy atom. The highest BCUT2D eigenvalue weighted by molar-refractivity contribution is 6.34. The molecule has 8 nitrogen and oxygen atoms in total. The predicted molar refractivity (Wildman–Crippen MR) is 123 cm³/mol. The van der Waals surface area contributed by atoms with Crippen molar-refractivity contribution in [3.63, 3.8) is 0 Å². The summed E-state index contributed by atoms with van der Waals surface area (Å²) in [5, 5.41) is 15.8. The third-order valence-corrected chi connectivity index (χ3v) is 7.29. The number of hydrogen-bond donors (Lipinski definition) is 2. The lowest BCUT2D eigenvalue weighted by Crippen LogP contribution is -2.60. The Morgan fingerprint density at radius 3 is 2.75 bits per heavy atom. The number of nitrogens with one attached hydrogen (secondary N) is 1. The number of halogens is 1. The van der Waals surface area contributed by atoms with Crippen LogP contribution in [0.25, 0.3) is 10.8 Å². The largest absolute Gasteiger partial charge is 0.389 e. The van der Waals surface area contributed by atoms with Gasteiger partial charge in [-0.3, -0.25) is 9.69 Å². The summed E-state index contributed by atoms with van der Waals surface area (Å²) in [6.45, 7) is 6.91. The molecule has 3 aliphatic rings. The molecule has 172 valence electrons. The Morgan fingerprint density at radius 2 is 2.06 bits per heavy atom. The van der Waals surface area contributed by atoms with Crippen molar-refractivity contribution >= 4 is 39.8 Å². The maximum Gasteiger partial charge on any atom is 0.254 e. The molecule has 3 fully saturated rings. The van der Waals surface area contributed by atoms with Gasteiger partial charge in [-0.1, -0.05) is 11.6 Å². The Bertz CT molecular complexity index is 1010. The van der Waals surface area contributed by atoms with Crippen LogP contribution < -0.4 is 10.2 Å². The van der Waals surface area contributed by atoms with Gasteiger partial charge in [-0.2, -0.15) is 0 Å². The zero-order valence-corrected chi connectivity index (χ0v) is 19.0. The van der Waals surface area contributed by atoms with Gasteiger partial charge in [-0.25, -0.2) is 4.98 Å². The number of rotatable bonds is 4. The van der Waals surface area contributed by atoms with Gasteiger partial charge in [-0.05, 0) is 43.4 Å². The van der Waals surface area contributed by atoms with Crippen molar-refractivity contribution in [3.05, 3.63) is 29.4 Å². The molecule has 1 amide bonds. The first-order valence-corrected chi connectivity index (χ1v) is 11.6. The Labute approximate surface area is 192 Å². The number of nitrogens with zero attached hydrogens (tertiary/aromatic N) is 3. The summed E-state index contributed by atoms with van der Waals surface area (Å²) in [5.74, 6) is 0.366. The highest BCUT2D eigenvalue weighted by Crippen LogP contribution is 2.34. The monoisotopic (exact) mass is 460 g/mol. The van der Waals surface area contributed by atoms with Gasteiger partial charge in [0.2, 0.25) is 0 Å². The van der Waals surface area contributed by atoms with Crippen LogP contribution >= 0.6 is 11.6 Å². The third kappa shape index (κ3) is 4.06. The van der Waals surface area contributed by atoms with Crippen LogP contribution in [-0.2, 0) is 14.3 Å². The van der Waals surface area contributed by atoms with Gasteiger partial charge >= 0.3 is 0 Å². The summed E-state index contributed by atoms with van der Waals surface area (Å²) < 4.78 is 11.0. The summed E-state index contributed by atoms with van der Waals surface area (Å²) in [5.41, 5.74) is 0.635. The van der Waals surface area contributed by atoms with E-state index in [0.717, 1.165) is 55.5 Å². The maximum atomic E-state index is 12.4. The lowest BCUT2D eigenvalue weighted by Gasteiger charge is -2.45. The van der Waals surface area contributed by atoms with E-state index in [4.69, 9.17) is 21.1 Å². The van der Waals surface area contributed by atoms with Gasteiger partial charge in [0.25, 0.3) is 5.91 Å². The first-order valence-electron chi connectivity index (χ1n) is 11.2. The number of amides is 1. The smallest absolute Gasteiger partial charge is 0.254 e. The Balaban J connectivity index is 1.31. The van der Waals surface area contributed by atoms with E-state index in [0.29, 0.717) is 30.7 Å². The second-order valence-electron chi connectivity index (χ2n) is 9.07. The lowest BCUT2D eigenvalue weighted by atomic mass is 9.95. The van der Waals surface area contributed by atoms with E-state index in [1.54, 1.807) is 6.20 Å². The van der Waals surface area contributed by atoms with Gasteiger partial charge in [0, 0.05) is 44.4 Å². The molecule has 3 saturated heterocycles. The van der Waals surface area contributed by atoms with Gasteiger partial charge in [-0.15, -0.1) is 0 Å². The van der Waals surface area contributed by atoms with Crippen LogP contribution in [0.5, 0.6) is 0 Å². The molecule has 0 bridgehead atoms. The normalized spacial score (nSPS) is 29.0. The molecule has 5 rings (SSSR count). The Hall–Kier alpha value is -1.97. The van der Waals surface area contributed by atoms with E-state index in [9.17, 15) is 9.90 Å². The average molecular weight is 461 g/mol. The second kappa shape index (κ2) is 8.76. The SMILES string of the molecule is C[C@]1(N2CCN(c3cc4cc(NC(=O)[C@@H]5CCCO5)ncc4cc3Cl)CC2)COC[C@H]1O. The fourth-order valence-corrected chi connectivity index (χ4v) is 5.16. The number of carbonyl (C=O) groups excluding carboxylic acids is 1. The number of piperazine rings is 1. The van der Waals surface area contributed by atoms with Crippen LogP contribution in [0.15, 0.2) is 24.4 Å². The summed E-state index contributed by atoms with van der Waals surface area (Å²) in [6, 6.07) is 5.87. The van der Waals surface area contributed by atoms with E-state index >= 15 is 0 Å². The molecule has 1 aromatic carbocycles. The minimum absolute atomic E-state index is 0.147. The molecule has 1 aromatic heterocycles. The van der Waals surface area contributed by atoms with Crippen LogP contribution in [-0.4, -0.2) is 84.6 Å². The fraction of sp³-hybridized carbons (Fsp3) is 0.565. The molecule has 0 spiro atoms. The number of aromatic nitrogens is 1. The minimum Gasteiger partial charge on any atom is -0.389 e. The van der Waals surface area contributed by atoms with E-state index in [1.165, 1.54) is 0 Å². The highest BCUT2D eigenvalue weighted by Gasteiger charge is 2.44. The number of pyridine rings is 1. The molecule has 3 atom stereocenters.